The maximum atomic E-state index is 4.15. The minimum Gasteiger partial charge on any atom is -0.306 e. The molecular weight excluding hydrogens is 164 g/mol. The van der Waals surface area contributed by atoms with Gasteiger partial charge in [0, 0.05) is 6.42 Å². The molecule has 1 aromatic heterocycles. The van der Waals surface area contributed by atoms with E-state index >= 15 is 0 Å². The van der Waals surface area contributed by atoms with Crippen LogP contribution in [0.1, 0.15) is 18.7 Å². The van der Waals surface area contributed by atoms with Crippen molar-refractivity contribution in [2.75, 3.05) is 20.1 Å². The molecule has 0 spiro atoms. The molecule has 72 valence electrons. The van der Waals surface area contributed by atoms with Crippen LogP contribution in [0.2, 0.25) is 0 Å². The number of rotatable bonds is 2. The lowest BCUT2D eigenvalue weighted by atomic mass is 9.94. The van der Waals surface area contributed by atoms with Crippen LogP contribution < -0.4 is 0 Å². The Morgan fingerprint density at radius 1 is 1.54 bits per heavy atom. The number of likely N-dealkylation sites (tertiary alicyclic amines) is 1. The Morgan fingerprint density at radius 3 is 2.92 bits per heavy atom. The molecule has 0 saturated carbocycles. The highest BCUT2D eigenvalue weighted by molar-refractivity contribution is 4.85. The van der Waals surface area contributed by atoms with Crippen molar-refractivity contribution < 1.29 is 0 Å². The molecule has 0 bridgehead atoms. The van der Waals surface area contributed by atoms with Gasteiger partial charge < -0.3 is 4.90 Å². The van der Waals surface area contributed by atoms with Gasteiger partial charge in [0.25, 0.3) is 0 Å². The first-order valence-electron chi connectivity index (χ1n) is 4.87. The first-order chi connectivity index (χ1) is 6.34. The van der Waals surface area contributed by atoms with E-state index in [0.717, 1.165) is 18.2 Å². The highest BCUT2D eigenvalue weighted by Gasteiger charge is 2.17. The Hall–Kier alpha value is -0.900. The van der Waals surface area contributed by atoms with E-state index in [-0.39, 0.29) is 0 Å². The lowest BCUT2D eigenvalue weighted by Crippen LogP contribution is -2.31. The third-order valence-corrected chi connectivity index (χ3v) is 2.79. The summed E-state index contributed by atoms with van der Waals surface area (Å²) in [6.45, 7) is 2.44. The molecule has 1 aliphatic rings. The molecule has 0 atom stereocenters. The summed E-state index contributed by atoms with van der Waals surface area (Å²) in [5, 5.41) is 6.78. The first kappa shape index (κ1) is 8.69. The molecule has 0 amide bonds. The molecule has 0 radical (unpaired) electrons. The minimum absolute atomic E-state index is 0.796. The van der Waals surface area contributed by atoms with Crippen LogP contribution in [0.15, 0.2) is 6.33 Å². The highest BCUT2D eigenvalue weighted by atomic mass is 15.2. The van der Waals surface area contributed by atoms with Crippen LogP contribution in [-0.2, 0) is 6.42 Å². The van der Waals surface area contributed by atoms with Gasteiger partial charge in [0.2, 0.25) is 0 Å². The molecule has 1 fully saturated rings. The third-order valence-electron chi connectivity index (χ3n) is 2.79. The number of aromatic nitrogens is 3. The van der Waals surface area contributed by atoms with E-state index in [2.05, 4.69) is 27.1 Å². The maximum Gasteiger partial charge on any atom is 0.137 e. The Bertz CT molecular complexity index is 236. The van der Waals surface area contributed by atoms with Gasteiger partial charge in [-0.1, -0.05) is 0 Å². The molecule has 4 heteroatoms. The average molecular weight is 180 g/mol. The second-order valence-electron chi connectivity index (χ2n) is 3.88. The van der Waals surface area contributed by atoms with Gasteiger partial charge in [0.15, 0.2) is 0 Å². The van der Waals surface area contributed by atoms with E-state index in [0.29, 0.717) is 0 Å². The van der Waals surface area contributed by atoms with Gasteiger partial charge in [-0.05, 0) is 38.9 Å². The van der Waals surface area contributed by atoms with Crippen molar-refractivity contribution in [1.29, 1.82) is 0 Å². The van der Waals surface area contributed by atoms with Gasteiger partial charge in [-0.2, -0.15) is 5.10 Å². The fourth-order valence-electron chi connectivity index (χ4n) is 1.87. The number of nitrogens with zero attached hydrogens (tertiary/aromatic N) is 3. The van der Waals surface area contributed by atoms with Gasteiger partial charge in [-0.15, -0.1) is 0 Å². The Balaban J connectivity index is 1.83. The summed E-state index contributed by atoms with van der Waals surface area (Å²) in [5.74, 6) is 1.83. The number of aromatic amines is 1. The predicted octanol–water partition coefficient (Wildman–Crippen LogP) is 0.689. The van der Waals surface area contributed by atoms with Crippen LogP contribution in [0.5, 0.6) is 0 Å². The van der Waals surface area contributed by atoms with Crippen LogP contribution >= 0.6 is 0 Å². The second-order valence-corrected chi connectivity index (χ2v) is 3.88. The van der Waals surface area contributed by atoms with E-state index < -0.39 is 0 Å². The van der Waals surface area contributed by atoms with Crippen molar-refractivity contribution >= 4 is 0 Å². The summed E-state index contributed by atoms with van der Waals surface area (Å²) < 4.78 is 0. The minimum atomic E-state index is 0.796. The number of hydrogen-bond donors (Lipinski definition) is 1. The van der Waals surface area contributed by atoms with Gasteiger partial charge in [0.05, 0.1) is 0 Å². The molecule has 0 aliphatic carbocycles. The first-order valence-corrected chi connectivity index (χ1v) is 4.87. The van der Waals surface area contributed by atoms with Crippen molar-refractivity contribution in [3.63, 3.8) is 0 Å². The Labute approximate surface area is 78.4 Å². The molecule has 4 nitrogen and oxygen atoms in total. The summed E-state index contributed by atoms with van der Waals surface area (Å²) in [7, 11) is 2.19. The van der Waals surface area contributed by atoms with Crippen LogP contribution in [0.4, 0.5) is 0 Å². The number of hydrogen-bond acceptors (Lipinski definition) is 3. The number of H-pyrrole nitrogens is 1. The van der Waals surface area contributed by atoms with Crippen molar-refractivity contribution in [3.05, 3.63) is 12.2 Å². The summed E-state index contributed by atoms with van der Waals surface area (Å²) in [4.78, 5) is 6.53. The lowest BCUT2D eigenvalue weighted by molar-refractivity contribution is 0.217. The molecule has 2 heterocycles. The topological polar surface area (TPSA) is 44.8 Å². The van der Waals surface area contributed by atoms with Crippen molar-refractivity contribution in [1.82, 2.24) is 20.1 Å². The summed E-state index contributed by atoms with van der Waals surface area (Å²) in [5.41, 5.74) is 0. The molecule has 1 N–H and O–H groups in total. The van der Waals surface area contributed by atoms with E-state index in [1.165, 1.54) is 25.9 Å². The quantitative estimate of drug-likeness (QED) is 0.728. The third kappa shape index (κ3) is 2.28. The largest absolute Gasteiger partial charge is 0.306 e. The van der Waals surface area contributed by atoms with Crippen LogP contribution in [-0.4, -0.2) is 40.2 Å². The molecule has 1 aromatic rings. The van der Waals surface area contributed by atoms with E-state index in [1.54, 1.807) is 6.33 Å². The number of nitrogens with one attached hydrogen (secondary N) is 1. The molecule has 1 saturated heterocycles. The standard InChI is InChI=1S/C9H16N4/c1-13-4-2-8(3-5-13)6-9-10-7-11-12-9/h7-8H,2-6H2,1H3,(H,10,11,12). The normalized spacial score (nSPS) is 20.7. The van der Waals surface area contributed by atoms with Crippen LogP contribution in [0.25, 0.3) is 0 Å². The molecule has 1 aliphatic heterocycles. The monoisotopic (exact) mass is 180 g/mol. The van der Waals surface area contributed by atoms with E-state index in [1.807, 2.05) is 0 Å². The van der Waals surface area contributed by atoms with Crippen molar-refractivity contribution in [2.24, 2.45) is 5.92 Å². The summed E-state index contributed by atoms with van der Waals surface area (Å²) >= 11 is 0. The zero-order chi connectivity index (χ0) is 9.10. The summed E-state index contributed by atoms with van der Waals surface area (Å²) in [6.07, 6.45) is 5.23. The molecule has 13 heavy (non-hydrogen) atoms. The highest BCUT2D eigenvalue weighted by Crippen LogP contribution is 2.18. The fourth-order valence-corrected chi connectivity index (χ4v) is 1.87. The Kier molecular flexibility index (Phi) is 2.59. The zero-order valence-corrected chi connectivity index (χ0v) is 8.03. The van der Waals surface area contributed by atoms with Gasteiger partial charge >= 0.3 is 0 Å². The van der Waals surface area contributed by atoms with Crippen LogP contribution in [0.3, 0.4) is 0 Å². The van der Waals surface area contributed by atoms with Gasteiger partial charge in [-0.3, -0.25) is 5.10 Å². The smallest absolute Gasteiger partial charge is 0.137 e. The van der Waals surface area contributed by atoms with E-state index in [9.17, 15) is 0 Å². The predicted molar refractivity (Wildman–Crippen MR) is 50.3 cm³/mol. The fraction of sp³-hybridized carbons (Fsp3) is 0.778. The average Bonchev–Trinajstić information content (AvgIpc) is 2.62. The lowest BCUT2D eigenvalue weighted by Gasteiger charge is -2.28. The van der Waals surface area contributed by atoms with Gasteiger partial charge in [-0.25, -0.2) is 4.98 Å². The molecular formula is C9H16N4. The van der Waals surface area contributed by atoms with Crippen molar-refractivity contribution in [2.45, 2.75) is 19.3 Å². The zero-order valence-electron chi connectivity index (χ0n) is 8.03. The summed E-state index contributed by atoms with van der Waals surface area (Å²) in [6, 6.07) is 0. The molecule has 0 unspecified atom stereocenters. The van der Waals surface area contributed by atoms with E-state index in [4.69, 9.17) is 0 Å². The maximum absolute atomic E-state index is 4.15. The second kappa shape index (κ2) is 3.87. The Morgan fingerprint density at radius 2 is 2.31 bits per heavy atom. The van der Waals surface area contributed by atoms with Crippen molar-refractivity contribution in [3.8, 4) is 0 Å². The van der Waals surface area contributed by atoms with Gasteiger partial charge in [0.1, 0.15) is 12.2 Å². The molecule has 0 aromatic carbocycles. The molecule has 2 rings (SSSR count). The van der Waals surface area contributed by atoms with Crippen LogP contribution in [0, 0.1) is 5.92 Å². The number of piperidine rings is 1. The SMILES string of the molecule is CN1CCC(Cc2ncn[nH]2)CC1.